The molecular formula is C23H25Cl2N5O5S. The molecule has 3 N–H and O–H groups in total. The van der Waals surface area contributed by atoms with Gasteiger partial charge in [0, 0.05) is 23.7 Å². The van der Waals surface area contributed by atoms with Crippen LogP contribution < -0.4 is 15.6 Å². The van der Waals surface area contributed by atoms with Crippen LogP contribution in [0, 0.1) is 12.8 Å². The SMILES string of the molecule is Cc1cc(Cl)cc(C(=O)NC(C)C2CC2)c1NC(=O)C1CC(CS(=O)(=O)O)=NN1c1ncccc1Cl. The van der Waals surface area contributed by atoms with Gasteiger partial charge in [-0.05, 0) is 62.4 Å². The first-order chi connectivity index (χ1) is 16.9. The van der Waals surface area contributed by atoms with Crippen LogP contribution in [0.15, 0.2) is 35.6 Å². The molecule has 2 aromatic rings. The number of rotatable bonds is 8. The van der Waals surface area contributed by atoms with Crippen molar-refractivity contribution in [3.8, 4) is 0 Å². The number of carbonyl (C=O) groups is 2. The van der Waals surface area contributed by atoms with Gasteiger partial charge in [0.2, 0.25) is 5.91 Å². The van der Waals surface area contributed by atoms with Crippen molar-refractivity contribution in [3.05, 3.63) is 51.6 Å². The lowest BCUT2D eigenvalue weighted by Gasteiger charge is -2.24. The number of pyridine rings is 1. The van der Waals surface area contributed by atoms with E-state index in [1.165, 1.54) is 17.3 Å². The van der Waals surface area contributed by atoms with Crippen LogP contribution in [-0.4, -0.2) is 53.3 Å². The topological polar surface area (TPSA) is 141 Å². The third-order valence-corrected chi connectivity index (χ3v) is 7.27. The first kappa shape index (κ1) is 26.3. The Morgan fingerprint density at radius 3 is 2.64 bits per heavy atom. The van der Waals surface area contributed by atoms with E-state index in [1.807, 2.05) is 6.92 Å². The van der Waals surface area contributed by atoms with Gasteiger partial charge in [-0.25, -0.2) is 9.99 Å². The normalized spacial score (nSPS) is 18.5. The molecule has 4 rings (SSSR count). The highest BCUT2D eigenvalue weighted by atomic mass is 35.5. The number of hydrazone groups is 1. The number of hydrogen-bond donors (Lipinski definition) is 3. The summed E-state index contributed by atoms with van der Waals surface area (Å²) in [4.78, 5) is 30.8. The van der Waals surface area contributed by atoms with Crippen molar-refractivity contribution < 1.29 is 22.6 Å². The monoisotopic (exact) mass is 553 g/mol. The van der Waals surface area contributed by atoms with Crippen LogP contribution in [0.1, 0.15) is 42.1 Å². The van der Waals surface area contributed by atoms with Gasteiger partial charge in [0.1, 0.15) is 11.8 Å². The van der Waals surface area contributed by atoms with Crippen LogP contribution in [0.3, 0.4) is 0 Å². The first-order valence-corrected chi connectivity index (χ1v) is 13.6. The summed E-state index contributed by atoms with van der Waals surface area (Å²) in [5, 5.41) is 11.7. The van der Waals surface area contributed by atoms with E-state index >= 15 is 0 Å². The molecule has 1 fully saturated rings. The molecular weight excluding hydrogens is 529 g/mol. The van der Waals surface area contributed by atoms with Gasteiger partial charge in [0.15, 0.2) is 5.82 Å². The predicted molar refractivity (Wildman–Crippen MR) is 138 cm³/mol. The van der Waals surface area contributed by atoms with Gasteiger partial charge < -0.3 is 10.6 Å². The van der Waals surface area contributed by atoms with Crippen LogP contribution >= 0.6 is 23.2 Å². The molecule has 13 heteroatoms. The van der Waals surface area contributed by atoms with Crippen molar-refractivity contribution >= 4 is 62.4 Å². The number of nitrogens with zero attached hydrogens (tertiary/aromatic N) is 3. The molecule has 1 saturated carbocycles. The van der Waals surface area contributed by atoms with Gasteiger partial charge in [-0.1, -0.05) is 23.2 Å². The zero-order valence-electron chi connectivity index (χ0n) is 19.5. The molecule has 0 saturated heterocycles. The molecule has 1 aliphatic carbocycles. The fourth-order valence-electron chi connectivity index (χ4n) is 4.11. The van der Waals surface area contributed by atoms with Gasteiger partial charge in [-0.2, -0.15) is 13.5 Å². The Labute approximate surface area is 218 Å². The molecule has 1 aromatic carbocycles. The molecule has 1 aliphatic heterocycles. The van der Waals surface area contributed by atoms with Gasteiger partial charge in [-0.15, -0.1) is 0 Å². The Bertz CT molecular complexity index is 1350. The van der Waals surface area contributed by atoms with Crippen molar-refractivity contribution in [1.29, 1.82) is 0 Å². The number of anilines is 2. The van der Waals surface area contributed by atoms with Crippen molar-refractivity contribution in [1.82, 2.24) is 10.3 Å². The van der Waals surface area contributed by atoms with Crippen LogP contribution in [0.4, 0.5) is 11.5 Å². The number of halogens is 2. The van der Waals surface area contributed by atoms with E-state index in [-0.39, 0.29) is 46.2 Å². The van der Waals surface area contributed by atoms with E-state index in [2.05, 4.69) is 20.7 Å². The van der Waals surface area contributed by atoms with E-state index in [4.69, 9.17) is 23.2 Å². The second-order valence-corrected chi connectivity index (χ2v) is 11.3. The van der Waals surface area contributed by atoms with Crippen molar-refractivity contribution in [2.75, 3.05) is 16.1 Å². The molecule has 2 aliphatic rings. The highest BCUT2D eigenvalue weighted by Crippen LogP contribution is 2.34. The van der Waals surface area contributed by atoms with E-state index < -0.39 is 27.8 Å². The fraction of sp³-hybridized carbons (Fsp3) is 0.391. The number of amides is 2. The molecule has 0 bridgehead atoms. The standard InChI is InChI=1S/C23H25Cl2N5O5S/c1-12-8-15(24)9-17(22(31)27-13(2)14-5-6-14)20(12)28-23(32)19-10-16(11-36(33,34)35)29-30(19)21-18(25)4-3-7-26-21/h3-4,7-9,13-14,19H,5-6,10-11H2,1-2H3,(H,27,31)(H,28,32)(H,33,34,35). The zero-order chi connectivity index (χ0) is 26.2. The molecule has 2 unspecified atom stereocenters. The molecule has 0 spiro atoms. The van der Waals surface area contributed by atoms with E-state index in [0.29, 0.717) is 16.5 Å². The number of aromatic nitrogens is 1. The summed E-state index contributed by atoms with van der Waals surface area (Å²) in [6, 6.07) is 5.22. The minimum atomic E-state index is -4.38. The van der Waals surface area contributed by atoms with Crippen LogP contribution in [0.25, 0.3) is 0 Å². The van der Waals surface area contributed by atoms with Crippen molar-refractivity contribution in [2.24, 2.45) is 11.0 Å². The van der Waals surface area contributed by atoms with Gasteiger partial charge in [0.25, 0.3) is 16.0 Å². The van der Waals surface area contributed by atoms with E-state index in [0.717, 1.165) is 12.8 Å². The molecule has 2 amide bonds. The summed E-state index contributed by atoms with van der Waals surface area (Å²) >= 11 is 12.5. The maximum Gasteiger partial charge on any atom is 0.270 e. The van der Waals surface area contributed by atoms with Gasteiger partial charge >= 0.3 is 0 Å². The summed E-state index contributed by atoms with van der Waals surface area (Å²) in [6.07, 6.45) is 3.46. The van der Waals surface area contributed by atoms with Crippen LogP contribution in [-0.2, 0) is 14.9 Å². The fourth-order valence-corrected chi connectivity index (χ4v) is 5.19. The number of hydrogen-bond acceptors (Lipinski definition) is 7. The molecule has 2 heterocycles. The molecule has 2 atom stereocenters. The number of carbonyl (C=O) groups excluding carboxylic acids is 2. The Balaban J connectivity index is 1.63. The second kappa shape index (κ2) is 10.3. The number of aryl methyl sites for hydroxylation is 1. The quantitative estimate of drug-likeness (QED) is 0.423. The molecule has 1 aromatic heterocycles. The number of benzene rings is 1. The lowest BCUT2D eigenvalue weighted by Crippen LogP contribution is -2.40. The minimum Gasteiger partial charge on any atom is -0.349 e. The third-order valence-electron chi connectivity index (χ3n) is 6.06. The predicted octanol–water partition coefficient (Wildman–Crippen LogP) is 3.69. The summed E-state index contributed by atoms with van der Waals surface area (Å²) in [5.41, 5.74) is 1.11. The average molecular weight is 554 g/mol. The Kier molecular flexibility index (Phi) is 7.56. The third kappa shape index (κ3) is 6.15. The Morgan fingerprint density at radius 2 is 2.00 bits per heavy atom. The molecule has 36 heavy (non-hydrogen) atoms. The van der Waals surface area contributed by atoms with Crippen LogP contribution in [0.5, 0.6) is 0 Å². The highest BCUT2D eigenvalue weighted by Gasteiger charge is 2.37. The lowest BCUT2D eigenvalue weighted by molar-refractivity contribution is -0.117. The number of nitrogens with one attached hydrogen (secondary N) is 2. The smallest absolute Gasteiger partial charge is 0.270 e. The van der Waals surface area contributed by atoms with E-state index in [1.54, 1.807) is 25.1 Å². The maximum atomic E-state index is 13.5. The van der Waals surface area contributed by atoms with Gasteiger partial charge in [-0.3, -0.25) is 14.1 Å². The molecule has 10 nitrogen and oxygen atoms in total. The molecule has 192 valence electrons. The van der Waals surface area contributed by atoms with Crippen molar-refractivity contribution in [2.45, 2.75) is 45.2 Å². The zero-order valence-corrected chi connectivity index (χ0v) is 21.9. The van der Waals surface area contributed by atoms with E-state index in [9.17, 15) is 22.6 Å². The van der Waals surface area contributed by atoms with Gasteiger partial charge in [0.05, 0.1) is 22.0 Å². The largest absolute Gasteiger partial charge is 0.349 e. The summed E-state index contributed by atoms with van der Waals surface area (Å²) in [6.45, 7) is 3.65. The molecule has 0 radical (unpaired) electrons. The Morgan fingerprint density at radius 1 is 1.28 bits per heavy atom. The summed E-state index contributed by atoms with van der Waals surface area (Å²) < 4.78 is 32.2. The Hall–Kier alpha value is -2.73. The average Bonchev–Trinajstić information content (AvgIpc) is 3.56. The maximum absolute atomic E-state index is 13.5. The summed E-state index contributed by atoms with van der Waals surface area (Å²) in [5.74, 6) is -1.10. The van der Waals surface area contributed by atoms with Crippen molar-refractivity contribution in [3.63, 3.8) is 0 Å². The lowest BCUT2D eigenvalue weighted by atomic mass is 10.0. The second-order valence-electron chi connectivity index (χ2n) is 9.00. The first-order valence-electron chi connectivity index (χ1n) is 11.3. The summed E-state index contributed by atoms with van der Waals surface area (Å²) in [7, 11) is -4.38. The highest BCUT2D eigenvalue weighted by molar-refractivity contribution is 7.86. The minimum absolute atomic E-state index is 0.0200. The van der Waals surface area contributed by atoms with Crippen LogP contribution in [0.2, 0.25) is 10.0 Å².